The molecule has 0 spiro atoms. The number of nitrogens with one attached hydrogen (secondary N) is 2. The van der Waals surface area contributed by atoms with Crippen molar-refractivity contribution in [3.05, 3.63) is 12.2 Å². The second-order valence-electron chi connectivity index (χ2n) is 5.02. The van der Waals surface area contributed by atoms with E-state index in [1.807, 2.05) is 20.8 Å². The number of hydrogen-bond donors (Lipinski definition) is 2. The molecule has 0 fully saturated rings. The van der Waals surface area contributed by atoms with Gasteiger partial charge < -0.3 is 10.6 Å². The first kappa shape index (κ1) is 13.2. The molecule has 0 saturated carbocycles. The lowest BCUT2D eigenvalue weighted by Crippen LogP contribution is -2.53. The fourth-order valence-electron chi connectivity index (χ4n) is 2.02. The molecule has 92 valence electrons. The summed E-state index contributed by atoms with van der Waals surface area (Å²) in [4.78, 5) is 11.9. The number of likely N-dealkylation sites (N-methyl/N-ethyl adjacent to an activating group) is 1. The van der Waals surface area contributed by atoms with Gasteiger partial charge in [-0.25, -0.2) is 0 Å². The highest BCUT2D eigenvalue weighted by molar-refractivity contribution is 5.85. The molecule has 0 aliphatic heterocycles. The van der Waals surface area contributed by atoms with Gasteiger partial charge in [0.15, 0.2) is 0 Å². The lowest BCUT2D eigenvalue weighted by molar-refractivity contribution is -0.126. The van der Waals surface area contributed by atoms with E-state index in [2.05, 4.69) is 22.8 Å². The highest BCUT2D eigenvalue weighted by Crippen LogP contribution is 2.17. The molecule has 3 heteroatoms. The Bertz CT molecular complexity index is 259. The molecule has 16 heavy (non-hydrogen) atoms. The Balaban J connectivity index is 2.31. The van der Waals surface area contributed by atoms with Gasteiger partial charge in [-0.2, -0.15) is 0 Å². The lowest BCUT2D eigenvalue weighted by atomic mass is 9.94. The second kappa shape index (κ2) is 6.04. The Hall–Kier alpha value is -0.830. The fraction of sp³-hybridized carbons (Fsp3) is 0.769. The smallest absolute Gasteiger partial charge is 0.239 e. The van der Waals surface area contributed by atoms with Gasteiger partial charge in [-0.1, -0.05) is 19.1 Å². The number of allylic oxidation sites excluding steroid dienone is 2. The second-order valence-corrected chi connectivity index (χ2v) is 5.02. The maximum absolute atomic E-state index is 11.9. The van der Waals surface area contributed by atoms with Crippen LogP contribution in [0.15, 0.2) is 12.2 Å². The van der Waals surface area contributed by atoms with Crippen LogP contribution in [0, 0.1) is 5.92 Å². The van der Waals surface area contributed by atoms with Gasteiger partial charge in [-0.3, -0.25) is 4.79 Å². The third kappa shape index (κ3) is 3.97. The van der Waals surface area contributed by atoms with E-state index in [1.54, 1.807) is 0 Å². The summed E-state index contributed by atoms with van der Waals surface area (Å²) in [6.45, 7) is 7.48. The summed E-state index contributed by atoms with van der Waals surface area (Å²) < 4.78 is 0. The number of rotatable bonds is 5. The predicted molar refractivity (Wildman–Crippen MR) is 67.2 cm³/mol. The highest BCUT2D eigenvalue weighted by Gasteiger charge is 2.26. The van der Waals surface area contributed by atoms with Gasteiger partial charge in [-0.05, 0) is 45.6 Å². The minimum absolute atomic E-state index is 0.101. The van der Waals surface area contributed by atoms with Gasteiger partial charge in [0.05, 0.1) is 5.54 Å². The molecule has 1 amide bonds. The predicted octanol–water partition coefficient (Wildman–Crippen LogP) is 1.85. The van der Waals surface area contributed by atoms with E-state index in [4.69, 9.17) is 0 Å². The van der Waals surface area contributed by atoms with Crippen molar-refractivity contribution in [2.75, 3.05) is 13.1 Å². The minimum atomic E-state index is -0.459. The summed E-state index contributed by atoms with van der Waals surface area (Å²) in [6, 6.07) is 0. The fourth-order valence-corrected chi connectivity index (χ4v) is 2.02. The normalized spacial score (nSPS) is 20.8. The Morgan fingerprint density at radius 2 is 2.19 bits per heavy atom. The van der Waals surface area contributed by atoms with Crippen LogP contribution in [0.1, 0.15) is 40.0 Å². The molecule has 1 aliphatic carbocycles. The molecule has 2 N–H and O–H groups in total. The Morgan fingerprint density at radius 1 is 1.44 bits per heavy atom. The Kier molecular flexibility index (Phi) is 5.00. The van der Waals surface area contributed by atoms with Crippen molar-refractivity contribution in [3.8, 4) is 0 Å². The summed E-state index contributed by atoms with van der Waals surface area (Å²) >= 11 is 0. The van der Waals surface area contributed by atoms with Crippen molar-refractivity contribution in [3.63, 3.8) is 0 Å². The van der Waals surface area contributed by atoms with E-state index >= 15 is 0 Å². The van der Waals surface area contributed by atoms with Gasteiger partial charge >= 0.3 is 0 Å². The maximum atomic E-state index is 11.9. The van der Waals surface area contributed by atoms with E-state index in [0.717, 1.165) is 25.9 Å². The summed E-state index contributed by atoms with van der Waals surface area (Å²) in [7, 11) is 0. The summed E-state index contributed by atoms with van der Waals surface area (Å²) in [6.07, 6.45) is 7.88. The van der Waals surface area contributed by atoms with E-state index in [0.29, 0.717) is 5.92 Å². The highest BCUT2D eigenvalue weighted by atomic mass is 16.2. The van der Waals surface area contributed by atoms with Crippen molar-refractivity contribution in [2.45, 2.75) is 45.6 Å². The molecule has 0 saturated heterocycles. The maximum Gasteiger partial charge on any atom is 0.239 e. The van der Waals surface area contributed by atoms with Gasteiger partial charge in [0.2, 0.25) is 5.91 Å². The number of hydrogen-bond acceptors (Lipinski definition) is 2. The van der Waals surface area contributed by atoms with E-state index in [9.17, 15) is 4.79 Å². The van der Waals surface area contributed by atoms with Crippen LogP contribution in [0.25, 0.3) is 0 Å². The molecule has 0 heterocycles. The third-order valence-electron chi connectivity index (χ3n) is 3.12. The number of carbonyl (C=O) groups excluding carboxylic acids is 1. The van der Waals surface area contributed by atoms with Gasteiger partial charge in [0, 0.05) is 6.54 Å². The van der Waals surface area contributed by atoms with Crippen molar-refractivity contribution in [2.24, 2.45) is 5.92 Å². The molecule has 3 nitrogen and oxygen atoms in total. The molecule has 0 aromatic rings. The average molecular weight is 224 g/mol. The zero-order valence-corrected chi connectivity index (χ0v) is 10.7. The number of amides is 1. The third-order valence-corrected chi connectivity index (χ3v) is 3.12. The zero-order chi connectivity index (χ0) is 12.0. The van der Waals surface area contributed by atoms with Crippen molar-refractivity contribution in [1.82, 2.24) is 10.6 Å². The molecular formula is C13H24N2O. The minimum Gasteiger partial charge on any atom is -0.354 e. The average Bonchev–Trinajstić information content (AvgIpc) is 2.27. The first-order valence-electron chi connectivity index (χ1n) is 6.24. The Morgan fingerprint density at radius 3 is 2.75 bits per heavy atom. The molecule has 1 atom stereocenters. The van der Waals surface area contributed by atoms with Crippen LogP contribution in [0.5, 0.6) is 0 Å². The van der Waals surface area contributed by atoms with Crippen LogP contribution in [0.3, 0.4) is 0 Å². The SMILES string of the molecule is CCNC(C)(C)C(=O)NCC1CC=CCC1. The number of carbonyl (C=O) groups is 1. The monoisotopic (exact) mass is 224 g/mol. The van der Waals surface area contributed by atoms with Crippen molar-refractivity contribution < 1.29 is 4.79 Å². The van der Waals surface area contributed by atoms with Crippen LogP contribution in [0.4, 0.5) is 0 Å². The summed E-state index contributed by atoms with van der Waals surface area (Å²) in [5, 5.41) is 6.23. The molecule has 1 aliphatic rings. The van der Waals surface area contributed by atoms with Crippen LogP contribution in [0.2, 0.25) is 0 Å². The van der Waals surface area contributed by atoms with E-state index < -0.39 is 5.54 Å². The largest absolute Gasteiger partial charge is 0.354 e. The quantitative estimate of drug-likeness (QED) is 0.700. The first-order valence-corrected chi connectivity index (χ1v) is 6.24. The van der Waals surface area contributed by atoms with Crippen molar-refractivity contribution in [1.29, 1.82) is 0 Å². The van der Waals surface area contributed by atoms with Crippen LogP contribution in [-0.4, -0.2) is 24.5 Å². The molecule has 0 radical (unpaired) electrons. The molecule has 0 aromatic heterocycles. The van der Waals surface area contributed by atoms with Gasteiger partial charge in [0.1, 0.15) is 0 Å². The standard InChI is InChI=1S/C13H24N2O/c1-4-15-13(2,3)12(16)14-10-11-8-6-5-7-9-11/h5-6,11,15H,4,7-10H2,1-3H3,(H,14,16). The molecular weight excluding hydrogens is 200 g/mol. The van der Waals surface area contributed by atoms with Crippen LogP contribution >= 0.6 is 0 Å². The van der Waals surface area contributed by atoms with E-state index in [1.165, 1.54) is 6.42 Å². The molecule has 0 bridgehead atoms. The first-order chi connectivity index (χ1) is 7.56. The van der Waals surface area contributed by atoms with Gasteiger partial charge in [0.25, 0.3) is 0 Å². The topological polar surface area (TPSA) is 41.1 Å². The lowest BCUT2D eigenvalue weighted by Gasteiger charge is -2.26. The Labute approximate surface area is 98.7 Å². The van der Waals surface area contributed by atoms with Crippen LogP contribution < -0.4 is 10.6 Å². The van der Waals surface area contributed by atoms with Gasteiger partial charge in [-0.15, -0.1) is 0 Å². The van der Waals surface area contributed by atoms with E-state index in [-0.39, 0.29) is 5.91 Å². The van der Waals surface area contributed by atoms with Crippen molar-refractivity contribution >= 4 is 5.91 Å². The van der Waals surface area contributed by atoms with Crippen LogP contribution in [-0.2, 0) is 4.79 Å². The zero-order valence-electron chi connectivity index (χ0n) is 10.7. The molecule has 0 aromatic carbocycles. The summed E-state index contributed by atoms with van der Waals surface area (Å²) in [5.74, 6) is 0.718. The molecule has 1 rings (SSSR count). The molecule has 1 unspecified atom stereocenters. The summed E-state index contributed by atoms with van der Waals surface area (Å²) in [5.41, 5.74) is -0.459.